The summed E-state index contributed by atoms with van der Waals surface area (Å²) in [7, 11) is 0. The summed E-state index contributed by atoms with van der Waals surface area (Å²) in [6.45, 7) is -0.0393. The maximum Gasteiger partial charge on any atom is 0.339 e. The predicted molar refractivity (Wildman–Crippen MR) is 117 cm³/mol. The Hall–Kier alpha value is -3.62. The highest BCUT2D eigenvalue weighted by atomic mass is 19.1. The van der Waals surface area contributed by atoms with E-state index in [2.05, 4.69) is 5.32 Å². The second-order valence-electron chi connectivity index (χ2n) is 8.71. The van der Waals surface area contributed by atoms with Crippen molar-refractivity contribution in [2.75, 3.05) is 13.1 Å². The van der Waals surface area contributed by atoms with Gasteiger partial charge in [-0.2, -0.15) is 0 Å². The summed E-state index contributed by atoms with van der Waals surface area (Å²) < 4.78 is 28.3. The number of nitrogens with zero attached hydrogens (tertiary/aromatic N) is 1. The minimum atomic E-state index is -1.65. The van der Waals surface area contributed by atoms with Crippen LogP contribution in [0.3, 0.4) is 0 Å². The number of carbonyl (C=O) groups is 4. The molecule has 0 radical (unpaired) electrons. The third-order valence-corrected chi connectivity index (χ3v) is 6.27. The molecule has 2 atom stereocenters. The Labute approximate surface area is 194 Å². The average molecular weight is 470 g/mol. The number of carboxylic acids is 1. The molecule has 0 bridgehead atoms. The van der Waals surface area contributed by atoms with Crippen LogP contribution in [-0.2, 0) is 14.4 Å². The third-order valence-electron chi connectivity index (χ3n) is 6.27. The zero-order chi connectivity index (χ0) is 24.4. The van der Waals surface area contributed by atoms with Crippen LogP contribution in [0.5, 0.6) is 0 Å². The van der Waals surface area contributed by atoms with Gasteiger partial charge in [-0.05, 0) is 54.5 Å². The molecule has 1 saturated carbocycles. The second-order valence-corrected chi connectivity index (χ2v) is 8.71. The van der Waals surface area contributed by atoms with E-state index in [1.807, 2.05) is 0 Å². The molecule has 1 heterocycles. The Balaban J connectivity index is 1.69. The molecular formula is C25H24F2N2O5. The van der Waals surface area contributed by atoms with Gasteiger partial charge in [0, 0.05) is 13.0 Å². The summed E-state index contributed by atoms with van der Waals surface area (Å²) in [4.78, 5) is 51.9. The molecule has 7 nitrogen and oxygen atoms in total. The Morgan fingerprint density at radius 1 is 1.12 bits per heavy atom. The lowest BCUT2D eigenvalue weighted by Gasteiger charge is -2.25. The van der Waals surface area contributed by atoms with E-state index in [9.17, 15) is 33.1 Å². The van der Waals surface area contributed by atoms with E-state index in [-0.39, 0.29) is 30.4 Å². The Morgan fingerprint density at radius 2 is 1.85 bits per heavy atom. The molecule has 2 fully saturated rings. The number of carboxylic acid groups (broad SMARTS) is 1. The van der Waals surface area contributed by atoms with Crippen molar-refractivity contribution in [1.82, 2.24) is 10.2 Å². The molecule has 2 aromatic carbocycles. The van der Waals surface area contributed by atoms with Crippen LogP contribution in [0, 0.1) is 17.6 Å². The van der Waals surface area contributed by atoms with Gasteiger partial charge in [0.25, 0.3) is 0 Å². The first kappa shape index (κ1) is 23.5. The van der Waals surface area contributed by atoms with Crippen molar-refractivity contribution < 1.29 is 33.1 Å². The topological polar surface area (TPSA) is 104 Å². The number of Topliss-reactive ketones (excluding diaryl/α,β-unsaturated/α-hetero) is 1. The number of hydrogen-bond donors (Lipinski definition) is 2. The Kier molecular flexibility index (Phi) is 6.72. The zero-order valence-electron chi connectivity index (χ0n) is 18.3. The number of likely N-dealkylation sites (tertiary alicyclic amines) is 1. The van der Waals surface area contributed by atoms with E-state index in [1.54, 1.807) is 6.07 Å². The minimum absolute atomic E-state index is 0.0353. The first-order chi connectivity index (χ1) is 16.3. The van der Waals surface area contributed by atoms with E-state index in [4.69, 9.17) is 0 Å². The molecule has 0 spiro atoms. The number of amides is 2. The smallest absolute Gasteiger partial charge is 0.339 e. The van der Waals surface area contributed by atoms with Gasteiger partial charge in [0.2, 0.25) is 11.8 Å². The van der Waals surface area contributed by atoms with Crippen LogP contribution >= 0.6 is 0 Å². The fourth-order valence-corrected chi connectivity index (χ4v) is 4.46. The summed E-state index contributed by atoms with van der Waals surface area (Å²) >= 11 is 0. The lowest BCUT2D eigenvalue weighted by molar-refractivity contribution is -0.136. The van der Waals surface area contributed by atoms with Crippen molar-refractivity contribution in [3.63, 3.8) is 0 Å². The number of hydrogen-bond acceptors (Lipinski definition) is 4. The number of rotatable bonds is 9. The van der Waals surface area contributed by atoms with Crippen LogP contribution < -0.4 is 5.32 Å². The summed E-state index contributed by atoms with van der Waals surface area (Å²) in [6.07, 6.45) is 2.45. The van der Waals surface area contributed by atoms with Crippen LogP contribution in [0.25, 0.3) is 0 Å². The molecule has 0 aromatic heterocycles. The number of nitrogens with one attached hydrogen (secondary N) is 1. The van der Waals surface area contributed by atoms with E-state index >= 15 is 0 Å². The predicted octanol–water partition coefficient (Wildman–Crippen LogP) is 3.21. The van der Waals surface area contributed by atoms with Crippen molar-refractivity contribution >= 4 is 23.6 Å². The monoisotopic (exact) mass is 470 g/mol. The second kappa shape index (κ2) is 9.70. The molecule has 1 aliphatic carbocycles. The fraction of sp³-hybridized carbons (Fsp3) is 0.360. The fourth-order valence-electron chi connectivity index (χ4n) is 4.46. The van der Waals surface area contributed by atoms with Crippen molar-refractivity contribution in [2.24, 2.45) is 5.92 Å². The molecule has 1 aliphatic heterocycles. The zero-order valence-corrected chi connectivity index (χ0v) is 18.3. The van der Waals surface area contributed by atoms with Gasteiger partial charge in [0.15, 0.2) is 5.78 Å². The number of carbonyl (C=O) groups excluding carboxylic acids is 3. The first-order valence-electron chi connectivity index (χ1n) is 11.1. The average Bonchev–Trinajstić information content (AvgIpc) is 3.54. The van der Waals surface area contributed by atoms with E-state index in [0.717, 1.165) is 18.9 Å². The summed E-state index contributed by atoms with van der Waals surface area (Å²) in [5, 5.41) is 12.4. The van der Waals surface area contributed by atoms with Gasteiger partial charge < -0.3 is 15.3 Å². The van der Waals surface area contributed by atoms with Crippen molar-refractivity contribution in [3.05, 3.63) is 70.8 Å². The number of benzene rings is 2. The molecular weight excluding hydrogens is 446 g/mol. The summed E-state index contributed by atoms with van der Waals surface area (Å²) in [5.41, 5.74) is -0.526. The highest BCUT2D eigenvalue weighted by Gasteiger charge is 2.39. The molecule has 4 rings (SSSR count). The molecule has 2 aliphatic rings. The van der Waals surface area contributed by atoms with Crippen LogP contribution in [0.15, 0.2) is 42.5 Å². The van der Waals surface area contributed by atoms with Gasteiger partial charge in [-0.15, -0.1) is 0 Å². The van der Waals surface area contributed by atoms with Gasteiger partial charge in [0.05, 0.1) is 18.2 Å². The molecule has 2 N–H and O–H groups in total. The van der Waals surface area contributed by atoms with Gasteiger partial charge >= 0.3 is 5.97 Å². The number of ketones is 1. The highest BCUT2D eigenvalue weighted by molar-refractivity contribution is 6.10. The Morgan fingerprint density at radius 3 is 2.47 bits per heavy atom. The summed E-state index contributed by atoms with van der Waals surface area (Å²) in [6, 6.07) is 8.57. The molecule has 2 aromatic rings. The lowest BCUT2D eigenvalue weighted by Crippen LogP contribution is -2.42. The van der Waals surface area contributed by atoms with E-state index in [1.165, 1.54) is 35.2 Å². The quantitative estimate of drug-likeness (QED) is 0.548. The third kappa shape index (κ3) is 4.98. The number of aromatic carboxylic acids is 1. The normalized spacial score (nSPS) is 17.4. The maximum absolute atomic E-state index is 14.4. The largest absolute Gasteiger partial charge is 0.478 e. The van der Waals surface area contributed by atoms with Crippen molar-refractivity contribution in [2.45, 2.75) is 37.6 Å². The molecule has 1 unspecified atom stereocenters. The SMILES string of the molecule is O=C(O)c1c(F)cccc1C(C(=O)CN1CCCC1=O)C(=O)N[C@H](c1cccc(F)c1)C1CC1. The van der Waals surface area contributed by atoms with Crippen LogP contribution in [0.4, 0.5) is 8.78 Å². The van der Waals surface area contributed by atoms with E-state index < -0.39 is 46.8 Å². The Bertz CT molecular complexity index is 1150. The summed E-state index contributed by atoms with van der Waals surface area (Å²) in [5.74, 6) is -6.54. The van der Waals surface area contributed by atoms with Gasteiger partial charge in [-0.1, -0.05) is 24.3 Å². The molecule has 178 valence electrons. The lowest BCUT2D eigenvalue weighted by atomic mass is 9.88. The first-order valence-corrected chi connectivity index (χ1v) is 11.1. The van der Waals surface area contributed by atoms with Crippen LogP contribution in [0.2, 0.25) is 0 Å². The van der Waals surface area contributed by atoms with Crippen molar-refractivity contribution in [3.8, 4) is 0 Å². The van der Waals surface area contributed by atoms with Crippen molar-refractivity contribution in [1.29, 1.82) is 0 Å². The molecule has 9 heteroatoms. The standard InChI is InChI=1S/C25H24F2N2O5/c26-16-5-1-4-15(12-16)23(14-9-10-14)28-24(32)22(19(30)13-29-11-3-8-20(29)31)17-6-2-7-18(27)21(17)25(33)34/h1-2,4-7,12,14,22-23H,3,8-11,13H2,(H,28,32)(H,33,34)/t22?,23-/m0/s1. The minimum Gasteiger partial charge on any atom is -0.478 e. The van der Waals surface area contributed by atoms with Gasteiger partial charge in [-0.3, -0.25) is 14.4 Å². The molecule has 34 heavy (non-hydrogen) atoms. The van der Waals surface area contributed by atoms with E-state index in [0.29, 0.717) is 18.5 Å². The molecule has 2 amide bonds. The van der Waals surface area contributed by atoms with Crippen LogP contribution in [0.1, 0.15) is 59.1 Å². The number of halogens is 2. The molecule has 1 saturated heterocycles. The maximum atomic E-state index is 14.4. The highest BCUT2D eigenvalue weighted by Crippen LogP contribution is 2.41. The van der Waals surface area contributed by atoms with Gasteiger partial charge in [0.1, 0.15) is 17.6 Å². The van der Waals surface area contributed by atoms with Gasteiger partial charge in [-0.25, -0.2) is 13.6 Å². The van der Waals surface area contributed by atoms with Crippen LogP contribution in [-0.4, -0.2) is 46.7 Å².